The molecule has 2 aliphatic rings. The third-order valence-electron chi connectivity index (χ3n) is 19.1. The van der Waals surface area contributed by atoms with Gasteiger partial charge in [0.25, 0.3) is 0 Å². The lowest BCUT2D eigenvalue weighted by atomic mass is 9.81. The maximum absolute atomic E-state index is 7.05. The fourth-order valence-corrected chi connectivity index (χ4v) is 14.7. The monoisotopic (exact) mass is 1070 g/mol. The molecule has 0 N–H and O–H groups in total. The number of hydrogen-bond donors (Lipinski definition) is 0. The second-order valence-corrected chi connectivity index (χ2v) is 24.4. The standard InChI is InChI=1S/C80H52N2O2/c1-79(2)66-36-35-60-59(20-13-21-62(60)73(66)63-34-29-53(44-68(63)79)51-26-31-57-54(38-51)23-22-45-30-37-70-75(71(45)57)83-77(81-70)46-14-7-5-8-15-46)65-41-56-25-24-55-39-50(27-32-58(55)72(56)76-74(65)82-78(84-76)47-16-9-6-10-17-47)52-28-33-61-64-40-48-18-11-12-19-49(48)42-69(64)80(3,4)67(61)43-52/h5-44H,1-4H3. The molecule has 2 aromatic heterocycles. The van der Waals surface area contributed by atoms with E-state index < -0.39 is 0 Å². The Morgan fingerprint density at radius 2 is 0.810 bits per heavy atom. The second-order valence-electron chi connectivity index (χ2n) is 24.4. The number of hydrogen-bond acceptors (Lipinski definition) is 4. The van der Waals surface area contributed by atoms with E-state index in [1.54, 1.807) is 0 Å². The Morgan fingerprint density at radius 3 is 1.52 bits per heavy atom. The van der Waals surface area contributed by atoms with Crippen LogP contribution in [0.4, 0.5) is 0 Å². The predicted octanol–water partition coefficient (Wildman–Crippen LogP) is 21.8. The minimum absolute atomic E-state index is 0.126. The number of rotatable bonds is 5. The first-order valence-corrected chi connectivity index (χ1v) is 29.2. The maximum atomic E-state index is 7.05. The van der Waals surface area contributed by atoms with Gasteiger partial charge in [0.1, 0.15) is 11.0 Å². The average Bonchev–Trinajstić information content (AvgIpc) is 3.29. The van der Waals surface area contributed by atoms with E-state index in [4.69, 9.17) is 18.8 Å². The van der Waals surface area contributed by atoms with Crippen molar-refractivity contribution < 1.29 is 8.83 Å². The first-order chi connectivity index (χ1) is 41.1. The fraction of sp³-hybridized carbons (Fsp3) is 0.0750. The van der Waals surface area contributed by atoms with Crippen LogP contribution in [0.2, 0.25) is 0 Å². The minimum atomic E-state index is -0.237. The van der Waals surface area contributed by atoms with E-state index in [1.165, 1.54) is 88.3 Å². The van der Waals surface area contributed by atoms with Crippen molar-refractivity contribution in [3.63, 3.8) is 0 Å². The highest BCUT2D eigenvalue weighted by Crippen LogP contribution is 2.55. The third kappa shape index (κ3) is 6.71. The van der Waals surface area contributed by atoms with Crippen LogP contribution in [0.1, 0.15) is 49.9 Å². The molecule has 84 heavy (non-hydrogen) atoms. The van der Waals surface area contributed by atoms with Gasteiger partial charge in [-0.3, -0.25) is 0 Å². The largest absolute Gasteiger partial charge is 0.435 e. The van der Waals surface area contributed by atoms with Crippen molar-refractivity contribution in [3.8, 4) is 78.5 Å². The summed E-state index contributed by atoms with van der Waals surface area (Å²) in [6, 6.07) is 89.0. The Hall–Kier alpha value is -10.4. The molecule has 0 spiro atoms. The third-order valence-corrected chi connectivity index (χ3v) is 19.1. The Morgan fingerprint density at radius 1 is 0.286 bits per heavy atom. The van der Waals surface area contributed by atoms with Gasteiger partial charge in [0.05, 0.1) is 0 Å². The summed E-state index contributed by atoms with van der Waals surface area (Å²) in [5, 5.41) is 14.0. The summed E-state index contributed by atoms with van der Waals surface area (Å²) in [4.78, 5) is 10.3. The number of oxazole rings is 2. The van der Waals surface area contributed by atoms with Gasteiger partial charge in [-0.25, -0.2) is 9.97 Å². The number of aromatic nitrogens is 2. The molecule has 4 nitrogen and oxygen atoms in total. The van der Waals surface area contributed by atoms with Crippen LogP contribution in [0.3, 0.4) is 0 Å². The normalized spacial score (nSPS) is 13.9. The maximum Gasteiger partial charge on any atom is 0.227 e. The number of fused-ring (bicyclic) bond motifs is 19. The molecule has 0 saturated heterocycles. The highest BCUT2D eigenvalue weighted by Gasteiger charge is 2.38. The SMILES string of the molecule is CC1(C)c2cc(-c3ccc4c(ccc5cc(-c6cccc7c8c(ccc67)C(C)(C)c6cc(-c7ccc9c(ccc%10ccc%11nc(-c%12ccccc%12)oc%11c%109)c7)ccc6-8)c6nc(-c7ccccc7)oc6c54)c3)ccc2-c2cc3ccccc3cc21. The quantitative estimate of drug-likeness (QED) is 0.161. The van der Waals surface area contributed by atoms with E-state index >= 15 is 0 Å². The first kappa shape index (κ1) is 47.2. The van der Waals surface area contributed by atoms with Crippen molar-refractivity contribution in [2.24, 2.45) is 0 Å². The molecule has 16 aromatic rings. The van der Waals surface area contributed by atoms with E-state index in [1.807, 2.05) is 36.4 Å². The van der Waals surface area contributed by atoms with Gasteiger partial charge >= 0.3 is 0 Å². The van der Waals surface area contributed by atoms with Crippen molar-refractivity contribution in [3.05, 3.63) is 265 Å². The molecular weight excluding hydrogens is 1020 g/mol. The average molecular weight is 1070 g/mol. The lowest BCUT2D eigenvalue weighted by Crippen LogP contribution is -2.15. The molecule has 0 radical (unpaired) electrons. The van der Waals surface area contributed by atoms with Crippen LogP contribution in [-0.4, -0.2) is 9.97 Å². The molecule has 0 bridgehead atoms. The molecule has 18 rings (SSSR count). The minimum Gasteiger partial charge on any atom is -0.435 e. The van der Waals surface area contributed by atoms with Gasteiger partial charge in [0.15, 0.2) is 11.2 Å². The summed E-state index contributed by atoms with van der Waals surface area (Å²) >= 11 is 0. The Labute approximate surface area is 484 Å². The van der Waals surface area contributed by atoms with Gasteiger partial charge in [-0.15, -0.1) is 0 Å². The van der Waals surface area contributed by atoms with Crippen molar-refractivity contribution in [2.75, 3.05) is 0 Å². The van der Waals surface area contributed by atoms with E-state index in [0.29, 0.717) is 11.8 Å². The highest BCUT2D eigenvalue weighted by molar-refractivity contribution is 6.23. The molecule has 2 aliphatic carbocycles. The van der Waals surface area contributed by atoms with Crippen LogP contribution in [-0.2, 0) is 10.8 Å². The van der Waals surface area contributed by atoms with E-state index in [-0.39, 0.29) is 10.8 Å². The van der Waals surface area contributed by atoms with Crippen molar-refractivity contribution in [1.82, 2.24) is 9.97 Å². The molecule has 0 atom stereocenters. The topological polar surface area (TPSA) is 52.1 Å². The molecule has 0 aliphatic heterocycles. The van der Waals surface area contributed by atoms with E-state index in [0.717, 1.165) is 87.5 Å². The van der Waals surface area contributed by atoms with Gasteiger partial charge in [-0.1, -0.05) is 198 Å². The zero-order valence-corrected chi connectivity index (χ0v) is 46.8. The molecule has 4 heteroatoms. The Balaban J connectivity index is 0.742. The zero-order chi connectivity index (χ0) is 55.7. The summed E-state index contributed by atoms with van der Waals surface area (Å²) in [7, 11) is 0. The van der Waals surface area contributed by atoms with Crippen LogP contribution in [0.5, 0.6) is 0 Å². The Bertz CT molecular complexity index is 5550. The molecular formula is C80H52N2O2. The van der Waals surface area contributed by atoms with Crippen LogP contribution in [0, 0.1) is 0 Å². The summed E-state index contributed by atoms with van der Waals surface area (Å²) in [6.07, 6.45) is 0. The number of nitrogens with zero attached hydrogens (tertiary/aromatic N) is 2. The first-order valence-electron chi connectivity index (χ1n) is 29.2. The summed E-state index contributed by atoms with van der Waals surface area (Å²) < 4.78 is 13.6. The van der Waals surface area contributed by atoms with E-state index in [2.05, 4.69) is 234 Å². The van der Waals surface area contributed by atoms with E-state index in [9.17, 15) is 0 Å². The van der Waals surface area contributed by atoms with Gasteiger partial charge in [0.2, 0.25) is 11.8 Å². The van der Waals surface area contributed by atoms with Crippen molar-refractivity contribution in [1.29, 1.82) is 0 Å². The zero-order valence-electron chi connectivity index (χ0n) is 46.8. The van der Waals surface area contributed by atoms with Crippen molar-refractivity contribution in [2.45, 2.75) is 38.5 Å². The van der Waals surface area contributed by atoms with Gasteiger partial charge < -0.3 is 8.83 Å². The second kappa shape index (κ2) is 17.1. The summed E-state index contributed by atoms with van der Waals surface area (Å²) in [5.74, 6) is 1.25. The number of benzene rings is 14. The molecule has 2 heterocycles. The van der Waals surface area contributed by atoms with Crippen LogP contribution >= 0.6 is 0 Å². The van der Waals surface area contributed by atoms with Crippen LogP contribution < -0.4 is 0 Å². The molecule has 14 aromatic carbocycles. The van der Waals surface area contributed by atoms with Gasteiger partial charge in [0, 0.05) is 38.3 Å². The van der Waals surface area contributed by atoms with Crippen LogP contribution in [0.15, 0.2) is 251 Å². The van der Waals surface area contributed by atoms with Gasteiger partial charge in [-0.05, 0) is 199 Å². The molecule has 0 unspecified atom stereocenters. The summed E-state index contributed by atoms with van der Waals surface area (Å²) in [6.45, 7) is 9.50. The van der Waals surface area contributed by atoms with Crippen molar-refractivity contribution >= 4 is 86.8 Å². The molecule has 0 saturated carbocycles. The predicted molar refractivity (Wildman–Crippen MR) is 349 cm³/mol. The smallest absolute Gasteiger partial charge is 0.227 e. The van der Waals surface area contributed by atoms with Gasteiger partial charge in [-0.2, -0.15) is 0 Å². The molecule has 394 valence electrons. The van der Waals surface area contributed by atoms with Crippen LogP contribution in [0.25, 0.3) is 165 Å². The Kier molecular flexibility index (Phi) is 9.60. The molecule has 0 fully saturated rings. The molecule has 0 amide bonds. The lowest BCUT2D eigenvalue weighted by molar-refractivity contribution is 0.623. The lowest BCUT2D eigenvalue weighted by Gasteiger charge is -2.22. The highest BCUT2D eigenvalue weighted by atomic mass is 16.4. The summed E-state index contributed by atoms with van der Waals surface area (Å²) in [5.41, 5.74) is 22.5. The fourth-order valence-electron chi connectivity index (χ4n) is 14.7.